The van der Waals surface area contributed by atoms with Gasteiger partial charge < -0.3 is 14.6 Å². The lowest BCUT2D eigenvalue weighted by molar-refractivity contribution is -0.173. The van der Waals surface area contributed by atoms with Crippen molar-refractivity contribution >= 4 is 0 Å². The van der Waals surface area contributed by atoms with Gasteiger partial charge in [0.2, 0.25) is 0 Å². The molecule has 0 aliphatic heterocycles. The van der Waals surface area contributed by atoms with Crippen molar-refractivity contribution in [3.8, 4) is 0 Å². The average Bonchev–Trinajstić information content (AvgIpc) is 2.69. The number of aromatic nitrogens is 2. The molecule has 1 heterocycles. The lowest BCUT2D eigenvalue weighted by Gasteiger charge is -2.09. The molecule has 0 saturated carbocycles. The van der Waals surface area contributed by atoms with Crippen molar-refractivity contribution in [1.29, 1.82) is 0 Å². The van der Waals surface area contributed by atoms with E-state index < -0.39 is 12.8 Å². The highest BCUT2D eigenvalue weighted by molar-refractivity contribution is 4.91. The number of hydrogen-bond donors (Lipinski definition) is 1. The van der Waals surface area contributed by atoms with Crippen LogP contribution in [-0.4, -0.2) is 35.5 Å². The maximum Gasteiger partial charge on any atom is 0.411 e. The Hall–Kier alpha value is -1.08. The van der Waals surface area contributed by atoms with E-state index in [-0.39, 0.29) is 6.61 Å². The predicted octanol–water partition coefficient (Wildman–Crippen LogP) is 1.57. The Labute approximate surface area is 97.8 Å². The van der Waals surface area contributed by atoms with Crippen LogP contribution in [0.4, 0.5) is 13.2 Å². The first kappa shape index (κ1) is 14.0. The van der Waals surface area contributed by atoms with E-state index in [1.165, 1.54) is 0 Å². The number of imidazole rings is 1. The molecule has 1 aromatic rings. The number of rotatable bonds is 7. The van der Waals surface area contributed by atoms with Crippen molar-refractivity contribution in [2.45, 2.75) is 26.2 Å². The first-order valence-corrected chi connectivity index (χ1v) is 5.38. The second kappa shape index (κ2) is 6.61. The topological polar surface area (TPSA) is 39.1 Å². The third-order valence-electron chi connectivity index (χ3n) is 2.11. The molecule has 0 aromatic carbocycles. The highest BCUT2D eigenvalue weighted by Crippen LogP contribution is 2.13. The summed E-state index contributed by atoms with van der Waals surface area (Å²) in [7, 11) is 0. The van der Waals surface area contributed by atoms with Crippen LogP contribution in [0.3, 0.4) is 0 Å². The Balaban J connectivity index is 2.09. The quantitative estimate of drug-likeness (QED) is 0.748. The van der Waals surface area contributed by atoms with E-state index in [4.69, 9.17) is 0 Å². The van der Waals surface area contributed by atoms with Crippen molar-refractivity contribution in [2.75, 3.05) is 19.8 Å². The number of nitrogens with zero attached hydrogens (tertiary/aromatic N) is 2. The van der Waals surface area contributed by atoms with Crippen LogP contribution in [0.15, 0.2) is 12.4 Å². The smallest absolute Gasteiger partial charge is 0.371 e. The molecule has 0 unspecified atom stereocenters. The summed E-state index contributed by atoms with van der Waals surface area (Å²) in [6.07, 6.45) is -0.698. The van der Waals surface area contributed by atoms with Crippen LogP contribution >= 0.6 is 0 Å². The van der Waals surface area contributed by atoms with Gasteiger partial charge in [0, 0.05) is 25.5 Å². The van der Waals surface area contributed by atoms with Gasteiger partial charge in [0.1, 0.15) is 12.4 Å². The zero-order valence-corrected chi connectivity index (χ0v) is 9.63. The van der Waals surface area contributed by atoms with E-state index in [0.717, 1.165) is 12.4 Å². The summed E-state index contributed by atoms with van der Waals surface area (Å²) in [6, 6.07) is 0. The lowest BCUT2D eigenvalue weighted by atomic mass is 10.5. The van der Waals surface area contributed by atoms with Crippen molar-refractivity contribution in [1.82, 2.24) is 14.9 Å². The molecule has 0 atom stereocenters. The van der Waals surface area contributed by atoms with Crippen LogP contribution in [0.25, 0.3) is 0 Å². The van der Waals surface area contributed by atoms with Crippen LogP contribution in [0.1, 0.15) is 12.7 Å². The van der Waals surface area contributed by atoms with Gasteiger partial charge in [-0.25, -0.2) is 4.98 Å². The van der Waals surface area contributed by atoms with Crippen LogP contribution in [0.2, 0.25) is 0 Å². The summed E-state index contributed by atoms with van der Waals surface area (Å²) in [5.41, 5.74) is 0. The number of hydrogen-bond acceptors (Lipinski definition) is 3. The molecular weight excluding hydrogens is 235 g/mol. The Kier molecular flexibility index (Phi) is 5.43. The van der Waals surface area contributed by atoms with Gasteiger partial charge in [-0.2, -0.15) is 13.2 Å². The van der Waals surface area contributed by atoms with E-state index in [0.29, 0.717) is 13.1 Å². The normalized spacial score (nSPS) is 12.0. The molecule has 4 nitrogen and oxygen atoms in total. The van der Waals surface area contributed by atoms with E-state index in [1.54, 1.807) is 6.20 Å². The number of aryl methyl sites for hydroxylation is 1. The summed E-state index contributed by atoms with van der Waals surface area (Å²) in [4.78, 5) is 4.12. The molecule has 0 amide bonds. The zero-order valence-electron chi connectivity index (χ0n) is 9.63. The van der Waals surface area contributed by atoms with Gasteiger partial charge >= 0.3 is 6.18 Å². The minimum atomic E-state index is -4.25. The highest BCUT2D eigenvalue weighted by Gasteiger charge is 2.27. The van der Waals surface area contributed by atoms with Gasteiger partial charge in [0.25, 0.3) is 0 Å². The zero-order chi connectivity index (χ0) is 12.7. The summed E-state index contributed by atoms with van der Waals surface area (Å²) in [6.45, 7) is 2.55. The SMILES string of the molecule is CCn1ccnc1CNCCOCC(F)(F)F. The Morgan fingerprint density at radius 2 is 2.24 bits per heavy atom. The second-order valence-corrected chi connectivity index (χ2v) is 3.47. The molecule has 1 aromatic heterocycles. The molecule has 0 aliphatic carbocycles. The first-order valence-electron chi connectivity index (χ1n) is 5.38. The Morgan fingerprint density at radius 1 is 1.47 bits per heavy atom. The maximum absolute atomic E-state index is 11.7. The molecule has 0 spiro atoms. The van der Waals surface area contributed by atoms with Gasteiger partial charge in [0.15, 0.2) is 0 Å². The minimum Gasteiger partial charge on any atom is -0.371 e. The van der Waals surface area contributed by atoms with Gasteiger partial charge in [-0.3, -0.25) is 0 Å². The first-order chi connectivity index (χ1) is 8.03. The summed E-state index contributed by atoms with van der Waals surface area (Å²) >= 11 is 0. The van der Waals surface area contributed by atoms with Crippen LogP contribution in [0.5, 0.6) is 0 Å². The molecule has 7 heteroatoms. The molecule has 17 heavy (non-hydrogen) atoms. The monoisotopic (exact) mass is 251 g/mol. The molecule has 0 saturated heterocycles. The van der Waals surface area contributed by atoms with Gasteiger partial charge in [-0.05, 0) is 6.92 Å². The maximum atomic E-state index is 11.7. The number of halogens is 3. The van der Waals surface area contributed by atoms with E-state index in [2.05, 4.69) is 15.0 Å². The number of alkyl halides is 3. The van der Waals surface area contributed by atoms with Crippen molar-refractivity contribution in [3.63, 3.8) is 0 Å². The van der Waals surface area contributed by atoms with Crippen molar-refractivity contribution in [2.24, 2.45) is 0 Å². The highest BCUT2D eigenvalue weighted by atomic mass is 19.4. The fourth-order valence-electron chi connectivity index (χ4n) is 1.33. The van der Waals surface area contributed by atoms with E-state index >= 15 is 0 Å². The molecule has 0 aliphatic rings. The molecular formula is C10H16F3N3O. The number of ether oxygens (including phenoxy) is 1. The van der Waals surface area contributed by atoms with Gasteiger partial charge in [-0.15, -0.1) is 0 Å². The van der Waals surface area contributed by atoms with Crippen LogP contribution in [-0.2, 0) is 17.8 Å². The predicted molar refractivity (Wildman–Crippen MR) is 56.5 cm³/mol. The van der Waals surface area contributed by atoms with Crippen molar-refractivity contribution in [3.05, 3.63) is 18.2 Å². The van der Waals surface area contributed by atoms with Gasteiger partial charge in [0.05, 0.1) is 13.2 Å². The summed E-state index contributed by atoms with van der Waals surface area (Å²) in [5.74, 6) is 0.864. The Morgan fingerprint density at radius 3 is 2.88 bits per heavy atom. The summed E-state index contributed by atoms with van der Waals surface area (Å²) in [5, 5.41) is 2.97. The van der Waals surface area contributed by atoms with Crippen molar-refractivity contribution < 1.29 is 17.9 Å². The molecule has 0 fully saturated rings. The second-order valence-electron chi connectivity index (χ2n) is 3.47. The standard InChI is InChI=1S/C10H16F3N3O/c1-2-16-5-3-15-9(16)7-14-4-6-17-8-10(11,12)13/h3,5,14H,2,4,6-8H2,1H3. The number of nitrogens with one attached hydrogen (secondary N) is 1. The molecule has 1 N–H and O–H groups in total. The Bertz CT molecular complexity index is 325. The van der Waals surface area contributed by atoms with E-state index in [1.807, 2.05) is 17.7 Å². The van der Waals surface area contributed by atoms with Gasteiger partial charge in [-0.1, -0.05) is 0 Å². The third-order valence-corrected chi connectivity index (χ3v) is 2.11. The largest absolute Gasteiger partial charge is 0.411 e. The summed E-state index contributed by atoms with van der Waals surface area (Å²) < 4.78 is 41.6. The van der Waals surface area contributed by atoms with E-state index in [9.17, 15) is 13.2 Å². The molecule has 0 bridgehead atoms. The molecule has 0 radical (unpaired) electrons. The molecule has 98 valence electrons. The third kappa shape index (κ3) is 5.69. The van der Waals surface area contributed by atoms with Crippen LogP contribution < -0.4 is 5.32 Å². The molecule has 1 rings (SSSR count). The lowest BCUT2D eigenvalue weighted by Crippen LogP contribution is -2.24. The fourth-order valence-corrected chi connectivity index (χ4v) is 1.33. The minimum absolute atomic E-state index is 0.0341. The average molecular weight is 251 g/mol. The van der Waals surface area contributed by atoms with Crippen LogP contribution in [0, 0.1) is 0 Å². The fraction of sp³-hybridized carbons (Fsp3) is 0.700.